The first-order valence-corrected chi connectivity index (χ1v) is 10.3. The fourth-order valence-electron chi connectivity index (χ4n) is 4.17. The molecule has 2 aliphatic rings. The van der Waals surface area contributed by atoms with Crippen molar-refractivity contribution in [1.29, 1.82) is 0 Å². The minimum absolute atomic E-state index is 0.159. The quantitative estimate of drug-likeness (QED) is 0.546. The molecule has 2 aliphatic heterocycles. The van der Waals surface area contributed by atoms with Gasteiger partial charge >= 0.3 is 0 Å². The van der Waals surface area contributed by atoms with Crippen molar-refractivity contribution in [2.45, 2.75) is 20.0 Å². The van der Waals surface area contributed by atoms with Gasteiger partial charge in [0.05, 0.1) is 38.2 Å². The average molecular weight is 433 g/mol. The van der Waals surface area contributed by atoms with Crippen molar-refractivity contribution in [1.82, 2.24) is 4.90 Å². The molecule has 0 saturated heterocycles. The van der Waals surface area contributed by atoms with E-state index in [1.54, 1.807) is 32.6 Å². The number of aryl methyl sites for hydroxylation is 1. The zero-order chi connectivity index (χ0) is 22.2. The molecule has 0 unspecified atom stereocenters. The van der Waals surface area contributed by atoms with Gasteiger partial charge in [0.15, 0.2) is 17.3 Å². The molecular weight excluding hydrogens is 410 g/mol. The molecular formula is C25H23NO6. The van der Waals surface area contributed by atoms with Crippen LogP contribution in [0, 0.1) is 6.92 Å². The van der Waals surface area contributed by atoms with Crippen molar-refractivity contribution < 1.29 is 28.2 Å². The van der Waals surface area contributed by atoms with Crippen molar-refractivity contribution in [2.75, 3.05) is 21.0 Å². The molecule has 7 nitrogen and oxygen atoms in total. The number of allylic oxidation sites excluding steroid dienone is 1. The molecule has 0 fully saturated rings. The molecule has 0 atom stereocenters. The molecule has 0 spiro atoms. The highest BCUT2D eigenvalue weighted by Crippen LogP contribution is 2.44. The summed E-state index contributed by atoms with van der Waals surface area (Å²) in [5.41, 5.74) is 2.95. The van der Waals surface area contributed by atoms with Gasteiger partial charge < -0.3 is 23.4 Å². The number of ketones is 1. The summed E-state index contributed by atoms with van der Waals surface area (Å²) in [5, 5.41) is 0. The summed E-state index contributed by atoms with van der Waals surface area (Å²) >= 11 is 0. The molecule has 3 heterocycles. The van der Waals surface area contributed by atoms with Crippen LogP contribution in [-0.2, 0) is 13.1 Å². The third-order valence-corrected chi connectivity index (χ3v) is 5.67. The Morgan fingerprint density at radius 1 is 1.16 bits per heavy atom. The lowest BCUT2D eigenvalue weighted by Gasteiger charge is -2.29. The number of furan rings is 1. The number of nitrogens with zero attached hydrogens (tertiary/aromatic N) is 1. The van der Waals surface area contributed by atoms with Gasteiger partial charge in [-0.2, -0.15) is 0 Å². The lowest BCUT2D eigenvalue weighted by atomic mass is 9.98. The van der Waals surface area contributed by atoms with Crippen LogP contribution in [0.4, 0.5) is 0 Å². The van der Waals surface area contributed by atoms with E-state index < -0.39 is 0 Å². The Bertz CT molecular complexity index is 1210. The van der Waals surface area contributed by atoms with Gasteiger partial charge in [0.25, 0.3) is 0 Å². The summed E-state index contributed by atoms with van der Waals surface area (Å²) in [6, 6.07) is 11.2. The number of Topliss-reactive ketones (excluding diaryl/α,β-unsaturated/α-hetero) is 1. The first kappa shape index (κ1) is 20.2. The summed E-state index contributed by atoms with van der Waals surface area (Å²) in [7, 11) is 3.14. The lowest BCUT2D eigenvalue weighted by Crippen LogP contribution is -2.31. The third kappa shape index (κ3) is 3.40. The van der Waals surface area contributed by atoms with E-state index in [0.29, 0.717) is 48.2 Å². The summed E-state index contributed by atoms with van der Waals surface area (Å²) in [5.74, 6) is 3.36. The van der Waals surface area contributed by atoms with E-state index in [-0.39, 0.29) is 11.5 Å². The first-order chi connectivity index (χ1) is 15.6. The molecule has 0 N–H and O–H groups in total. The zero-order valence-corrected chi connectivity index (χ0v) is 18.1. The van der Waals surface area contributed by atoms with Crippen molar-refractivity contribution >= 4 is 11.9 Å². The van der Waals surface area contributed by atoms with Gasteiger partial charge in [-0.05, 0) is 42.8 Å². The second-order valence-corrected chi connectivity index (χ2v) is 7.74. The molecule has 7 heteroatoms. The average Bonchev–Trinajstić information content (AvgIpc) is 3.42. The van der Waals surface area contributed by atoms with E-state index in [4.69, 9.17) is 23.4 Å². The molecule has 0 bridgehead atoms. The second kappa shape index (κ2) is 8.09. The maximum atomic E-state index is 13.3. The minimum atomic E-state index is -0.159. The lowest BCUT2D eigenvalue weighted by molar-refractivity contribution is 0.0809. The van der Waals surface area contributed by atoms with Crippen LogP contribution in [0.2, 0.25) is 0 Å². The van der Waals surface area contributed by atoms with Crippen LogP contribution < -0.4 is 18.9 Å². The summed E-state index contributed by atoms with van der Waals surface area (Å²) in [6.45, 7) is 3.52. The first-order valence-electron chi connectivity index (χ1n) is 10.3. The Kier molecular flexibility index (Phi) is 5.11. The van der Waals surface area contributed by atoms with Gasteiger partial charge in [0.1, 0.15) is 24.0 Å². The number of benzene rings is 2. The number of carbonyl (C=O) groups is 1. The van der Waals surface area contributed by atoms with E-state index in [1.807, 2.05) is 37.3 Å². The van der Waals surface area contributed by atoms with Gasteiger partial charge in [0.2, 0.25) is 5.78 Å². The highest BCUT2D eigenvalue weighted by molar-refractivity contribution is 6.16. The molecule has 5 rings (SSSR count). The SMILES string of the molecule is COc1cccc(/C=C2\Oc3c4c(cc(C)c3C2=O)OCN(Cc2ccco2)C4)c1OC. The topological polar surface area (TPSA) is 70.4 Å². The third-order valence-electron chi connectivity index (χ3n) is 5.67. The minimum Gasteiger partial charge on any atom is -0.493 e. The van der Waals surface area contributed by atoms with Crippen molar-refractivity contribution in [3.63, 3.8) is 0 Å². The maximum Gasteiger partial charge on any atom is 0.232 e. The van der Waals surface area contributed by atoms with Crippen molar-refractivity contribution in [2.24, 2.45) is 0 Å². The Morgan fingerprint density at radius 3 is 2.78 bits per heavy atom. The Balaban J connectivity index is 1.50. The number of rotatable bonds is 5. The van der Waals surface area contributed by atoms with Crippen LogP contribution in [0.1, 0.15) is 32.8 Å². The summed E-state index contributed by atoms with van der Waals surface area (Å²) < 4.78 is 28.5. The predicted octanol–water partition coefficient (Wildman–Crippen LogP) is 4.57. The van der Waals surface area contributed by atoms with E-state index in [2.05, 4.69) is 4.90 Å². The number of hydrogen-bond acceptors (Lipinski definition) is 7. The molecule has 0 aliphatic carbocycles. The van der Waals surface area contributed by atoms with Crippen LogP contribution in [-0.4, -0.2) is 31.6 Å². The van der Waals surface area contributed by atoms with Crippen LogP contribution in [0.3, 0.4) is 0 Å². The fraction of sp³-hybridized carbons (Fsp3) is 0.240. The van der Waals surface area contributed by atoms with E-state index >= 15 is 0 Å². The second-order valence-electron chi connectivity index (χ2n) is 7.74. The Hall–Kier alpha value is -3.71. The Morgan fingerprint density at radius 2 is 2.03 bits per heavy atom. The Labute approximate surface area is 185 Å². The molecule has 0 saturated carbocycles. The van der Waals surface area contributed by atoms with Crippen molar-refractivity contribution in [3.8, 4) is 23.0 Å². The highest BCUT2D eigenvalue weighted by atomic mass is 16.5. The van der Waals surface area contributed by atoms with Gasteiger partial charge in [-0.3, -0.25) is 9.69 Å². The maximum absolute atomic E-state index is 13.3. The standard InChI is InChI=1S/C25H23NO6/c1-15-10-20-18(13-26(14-31-20)12-17-7-5-9-30-17)25-22(15)23(27)21(32-25)11-16-6-4-8-19(28-2)24(16)29-3/h4-11H,12-14H2,1-3H3/b21-11-. The number of hydrogen-bond donors (Lipinski definition) is 0. The summed E-state index contributed by atoms with van der Waals surface area (Å²) in [6.07, 6.45) is 3.35. The normalized spacial score (nSPS) is 16.3. The predicted molar refractivity (Wildman–Crippen MR) is 117 cm³/mol. The fourth-order valence-corrected chi connectivity index (χ4v) is 4.17. The van der Waals surface area contributed by atoms with Crippen LogP contribution in [0.5, 0.6) is 23.0 Å². The monoisotopic (exact) mass is 433 g/mol. The molecule has 0 radical (unpaired) electrons. The largest absolute Gasteiger partial charge is 0.493 e. The van der Waals surface area contributed by atoms with Crippen LogP contribution in [0.25, 0.3) is 6.08 Å². The number of para-hydroxylation sites is 1. The molecule has 0 amide bonds. The zero-order valence-electron chi connectivity index (χ0n) is 18.1. The molecule has 32 heavy (non-hydrogen) atoms. The number of carbonyl (C=O) groups excluding carboxylic acids is 1. The molecule has 164 valence electrons. The van der Waals surface area contributed by atoms with Crippen LogP contribution in [0.15, 0.2) is 52.8 Å². The number of fused-ring (bicyclic) bond motifs is 3. The van der Waals surface area contributed by atoms with Gasteiger partial charge in [-0.15, -0.1) is 0 Å². The van der Waals surface area contributed by atoms with E-state index in [1.165, 1.54) is 0 Å². The smallest absolute Gasteiger partial charge is 0.232 e. The highest BCUT2D eigenvalue weighted by Gasteiger charge is 2.35. The molecule has 3 aromatic rings. The number of ether oxygens (including phenoxy) is 4. The molecule has 2 aromatic carbocycles. The molecule has 1 aromatic heterocycles. The van der Waals surface area contributed by atoms with Gasteiger partial charge in [-0.1, -0.05) is 12.1 Å². The van der Waals surface area contributed by atoms with Crippen molar-refractivity contribution in [3.05, 3.63) is 76.4 Å². The van der Waals surface area contributed by atoms with E-state index in [9.17, 15) is 4.79 Å². The van der Waals surface area contributed by atoms with Gasteiger partial charge in [0, 0.05) is 12.1 Å². The van der Waals surface area contributed by atoms with E-state index in [0.717, 1.165) is 22.6 Å². The summed E-state index contributed by atoms with van der Waals surface area (Å²) in [4.78, 5) is 15.4. The van der Waals surface area contributed by atoms with Gasteiger partial charge in [-0.25, -0.2) is 0 Å². The van der Waals surface area contributed by atoms with Crippen LogP contribution >= 0.6 is 0 Å². The number of methoxy groups -OCH3 is 2.